The molecule has 4 atom stereocenters. The van der Waals surface area contributed by atoms with Crippen LogP contribution in [0.2, 0.25) is 0 Å². The predicted octanol–water partition coefficient (Wildman–Crippen LogP) is 1.58. The molecular formula is C17H27N3O4S. The lowest BCUT2D eigenvalue weighted by Crippen LogP contribution is -2.47. The van der Waals surface area contributed by atoms with Crippen molar-refractivity contribution in [3.8, 4) is 0 Å². The number of aryl methyl sites for hydroxylation is 1. The number of aromatic nitrogens is 1. The Morgan fingerprint density at radius 1 is 1.40 bits per heavy atom. The van der Waals surface area contributed by atoms with Crippen molar-refractivity contribution in [1.29, 1.82) is 0 Å². The number of nitrogens with zero attached hydrogens (tertiary/aromatic N) is 3. The number of carboxylic acid groups (broad SMARTS) is 1. The molecule has 7 nitrogen and oxygen atoms in total. The van der Waals surface area contributed by atoms with Crippen LogP contribution in [-0.4, -0.2) is 78.7 Å². The highest BCUT2D eigenvalue weighted by Gasteiger charge is 2.44. The number of likely N-dealkylation sites (tertiary alicyclic amines) is 1. The molecule has 1 aromatic rings. The van der Waals surface area contributed by atoms with E-state index in [0.717, 1.165) is 36.5 Å². The topological polar surface area (TPSA) is 83.0 Å². The average Bonchev–Trinajstić information content (AvgIpc) is 3.19. The summed E-state index contributed by atoms with van der Waals surface area (Å²) in [7, 11) is 6.05. The van der Waals surface area contributed by atoms with Gasteiger partial charge in [-0.25, -0.2) is 4.98 Å². The van der Waals surface area contributed by atoms with Crippen molar-refractivity contribution >= 4 is 23.7 Å². The molecule has 1 aliphatic carbocycles. The molecule has 2 heterocycles. The lowest BCUT2D eigenvalue weighted by atomic mass is 9.77. The van der Waals surface area contributed by atoms with Crippen LogP contribution in [0, 0.1) is 18.8 Å². The Kier molecular flexibility index (Phi) is 6.92. The molecule has 0 spiro atoms. The van der Waals surface area contributed by atoms with Crippen molar-refractivity contribution in [2.24, 2.45) is 11.8 Å². The summed E-state index contributed by atoms with van der Waals surface area (Å²) in [5.41, 5.74) is 2.61. The minimum absolute atomic E-state index is 0.157. The number of rotatable bonds is 3. The smallest absolute Gasteiger partial charge is 0.290 e. The summed E-state index contributed by atoms with van der Waals surface area (Å²) in [5, 5.41) is 6.89. The van der Waals surface area contributed by atoms with Gasteiger partial charge in [0.05, 0.1) is 17.3 Å². The maximum absolute atomic E-state index is 12.7. The molecule has 2 aliphatic rings. The molecule has 0 unspecified atom stereocenters. The number of fused-ring (bicyclic) bond motifs is 1. The van der Waals surface area contributed by atoms with E-state index in [2.05, 4.69) is 24.0 Å². The van der Waals surface area contributed by atoms with Gasteiger partial charge in [0.15, 0.2) is 0 Å². The number of methoxy groups -OCH3 is 1. The minimum atomic E-state index is -0.250. The quantitative estimate of drug-likeness (QED) is 0.815. The fourth-order valence-corrected chi connectivity index (χ4v) is 4.77. The minimum Gasteiger partial charge on any atom is -0.483 e. The van der Waals surface area contributed by atoms with E-state index in [9.17, 15) is 4.79 Å². The Hall–Kier alpha value is -1.51. The van der Waals surface area contributed by atoms with Gasteiger partial charge in [0.25, 0.3) is 12.4 Å². The fourth-order valence-electron chi connectivity index (χ4n) is 4.00. The van der Waals surface area contributed by atoms with Crippen molar-refractivity contribution in [3.05, 3.63) is 16.1 Å². The Morgan fingerprint density at radius 3 is 2.48 bits per heavy atom. The van der Waals surface area contributed by atoms with E-state index < -0.39 is 0 Å². The normalized spacial score (nSPS) is 28.3. The number of hydrogen-bond acceptors (Lipinski definition) is 6. The first kappa shape index (κ1) is 19.8. The molecule has 1 N–H and O–H groups in total. The van der Waals surface area contributed by atoms with Crippen molar-refractivity contribution in [3.63, 3.8) is 0 Å². The van der Waals surface area contributed by atoms with Gasteiger partial charge in [0.1, 0.15) is 4.88 Å². The third kappa shape index (κ3) is 4.37. The van der Waals surface area contributed by atoms with E-state index in [1.807, 2.05) is 11.8 Å². The molecule has 0 bridgehead atoms. The molecular weight excluding hydrogens is 342 g/mol. The van der Waals surface area contributed by atoms with Crippen molar-refractivity contribution in [2.45, 2.75) is 31.9 Å². The van der Waals surface area contributed by atoms with Gasteiger partial charge >= 0.3 is 0 Å². The van der Waals surface area contributed by atoms with Crippen LogP contribution in [0.4, 0.5) is 0 Å². The molecule has 1 saturated heterocycles. The number of carbonyl (C=O) groups excluding carboxylic acids is 1. The molecule has 0 radical (unpaired) electrons. The summed E-state index contributed by atoms with van der Waals surface area (Å²) in [5.74, 6) is 1.32. The summed E-state index contributed by atoms with van der Waals surface area (Å²) in [6, 6.07) is 0.450. The second-order valence-corrected chi connectivity index (χ2v) is 7.73. The maximum Gasteiger partial charge on any atom is 0.290 e. The molecule has 1 saturated carbocycles. The average molecular weight is 369 g/mol. The van der Waals surface area contributed by atoms with Crippen LogP contribution in [0.3, 0.4) is 0 Å². The highest BCUT2D eigenvalue weighted by Crippen LogP contribution is 2.39. The third-order valence-electron chi connectivity index (χ3n) is 5.28. The summed E-state index contributed by atoms with van der Waals surface area (Å²) in [6.45, 7) is 3.40. The standard InChI is InChI=1S/C16H25N3O2S.CH2O2/c1-10-15(22-9-17-10)16(20)19-7-11-5-13(18(2)3)14(21-4)6-12(11)8-19;2-1-3/h9,11-14H,5-8H2,1-4H3;1H,(H,2,3)/t11-,12+,13-,14-;/m1./s1. The van der Waals surface area contributed by atoms with Crippen LogP contribution < -0.4 is 0 Å². The Labute approximate surface area is 152 Å². The zero-order valence-electron chi connectivity index (χ0n) is 15.2. The van der Waals surface area contributed by atoms with Gasteiger partial charge in [-0.05, 0) is 45.7 Å². The van der Waals surface area contributed by atoms with Crippen molar-refractivity contribution in [1.82, 2.24) is 14.8 Å². The van der Waals surface area contributed by atoms with Crippen LogP contribution in [0.15, 0.2) is 5.51 Å². The molecule has 1 aromatic heterocycles. The predicted molar refractivity (Wildman–Crippen MR) is 95.9 cm³/mol. The summed E-state index contributed by atoms with van der Waals surface area (Å²) in [4.78, 5) is 30.4. The largest absolute Gasteiger partial charge is 0.483 e. The number of amides is 1. The number of carbonyl (C=O) groups is 2. The molecule has 2 fully saturated rings. The lowest BCUT2D eigenvalue weighted by Gasteiger charge is -2.40. The van der Waals surface area contributed by atoms with Gasteiger partial charge in [0, 0.05) is 26.2 Å². The maximum atomic E-state index is 12.7. The van der Waals surface area contributed by atoms with E-state index in [1.165, 1.54) is 11.3 Å². The molecule has 1 amide bonds. The van der Waals surface area contributed by atoms with E-state index >= 15 is 0 Å². The van der Waals surface area contributed by atoms with Crippen LogP contribution in [0.5, 0.6) is 0 Å². The van der Waals surface area contributed by atoms with Crippen LogP contribution >= 0.6 is 11.3 Å². The zero-order valence-corrected chi connectivity index (χ0v) is 16.0. The Balaban J connectivity index is 0.000000701. The van der Waals surface area contributed by atoms with Gasteiger partial charge in [-0.1, -0.05) is 0 Å². The Morgan fingerprint density at radius 2 is 2.00 bits per heavy atom. The first-order valence-corrected chi connectivity index (χ1v) is 9.27. The monoisotopic (exact) mass is 369 g/mol. The molecule has 8 heteroatoms. The van der Waals surface area contributed by atoms with E-state index in [0.29, 0.717) is 17.9 Å². The molecule has 25 heavy (non-hydrogen) atoms. The molecule has 140 valence electrons. The number of ether oxygens (including phenoxy) is 1. The zero-order chi connectivity index (χ0) is 18.6. The van der Waals surface area contributed by atoms with Gasteiger partial charge in [-0.3, -0.25) is 9.59 Å². The first-order chi connectivity index (χ1) is 11.9. The van der Waals surface area contributed by atoms with E-state index in [4.69, 9.17) is 14.6 Å². The molecule has 0 aromatic carbocycles. The van der Waals surface area contributed by atoms with Crippen molar-refractivity contribution in [2.75, 3.05) is 34.3 Å². The van der Waals surface area contributed by atoms with Gasteiger partial charge in [-0.15, -0.1) is 11.3 Å². The lowest BCUT2D eigenvalue weighted by molar-refractivity contribution is -0.122. The highest BCUT2D eigenvalue weighted by molar-refractivity contribution is 7.11. The summed E-state index contributed by atoms with van der Waals surface area (Å²) >= 11 is 1.45. The van der Waals surface area contributed by atoms with E-state index in [-0.39, 0.29) is 18.5 Å². The summed E-state index contributed by atoms with van der Waals surface area (Å²) < 4.78 is 5.71. The van der Waals surface area contributed by atoms with E-state index in [1.54, 1.807) is 12.6 Å². The van der Waals surface area contributed by atoms with Crippen molar-refractivity contribution < 1.29 is 19.4 Å². The highest BCUT2D eigenvalue weighted by atomic mass is 32.1. The Bertz CT molecular complexity index is 592. The number of likely N-dealkylation sites (N-methyl/N-ethyl adjacent to an activating group) is 1. The molecule has 3 rings (SSSR count). The van der Waals surface area contributed by atoms with Crippen LogP contribution in [0.1, 0.15) is 28.2 Å². The second-order valence-electron chi connectivity index (χ2n) is 6.88. The SMILES string of the molecule is CO[C@@H]1C[C@H]2CN(C(=O)c3scnc3C)C[C@H]2C[C@H]1N(C)C.O=CO. The second kappa shape index (κ2) is 8.73. The van der Waals surface area contributed by atoms with Crippen LogP contribution in [0.25, 0.3) is 0 Å². The molecule has 1 aliphatic heterocycles. The van der Waals surface area contributed by atoms with Gasteiger partial charge < -0.3 is 19.6 Å². The van der Waals surface area contributed by atoms with Gasteiger partial charge in [-0.2, -0.15) is 0 Å². The number of thiazole rings is 1. The third-order valence-corrected chi connectivity index (χ3v) is 6.19. The number of hydrogen-bond donors (Lipinski definition) is 1. The first-order valence-electron chi connectivity index (χ1n) is 8.39. The fraction of sp³-hybridized carbons (Fsp3) is 0.706. The van der Waals surface area contributed by atoms with Crippen LogP contribution in [-0.2, 0) is 9.53 Å². The van der Waals surface area contributed by atoms with Gasteiger partial charge in [0.2, 0.25) is 0 Å². The summed E-state index contributed by atoms with van der Waals surface area (Å²) in [6.07, 6.45) is 2.44.